The maximum atomic E-state index is 12.7. The quantitative estimate of drug-likeness (QED) is 0.0217. The number of carbonyl (C=O) groups is 2. The third-order valence-electron chi connectivity index (χ3n) is 8.39. The zero-order chi connectivity index (χ0) is 41.4. The van der Waals surface area contributed by atoms with Crippen LogP contribution in [-0.4, -0.2) is 74.9 Å². The Hall–Kier alpha value is -2.81. The van der Waals surface area contributed by atoms with Crippen molar-refractivity contribution in [2.75, 3.05) is 47.5 Å². The minimum absolute atomic E-state index is 0.0176. The largest absolute Gasteiger partial charge is 0.472 e. The zero-order valence-electron chi connectivity index (χ0n) is 35.8. The van der Waals surface area contributed by atoms with E-state index in [1.54, 1.807) is 0 Å². The highest BCUT2D eigenvalue weighted by atomic mass is 31.2. The maximum absolute atomic E-state index is 12.7. The second-order valence-corrected chi connectivity index (χ2v) is 16.4. The van der Waals surface area contributed by atoms with Gasteiger partial charge in [-0.1, -0.05) is 131 Å². The van der Waals surface area contributed by atoms with Crippen LogP contribution in [0.3, 0.4) is 0 Å². The van der Waals surface area contributed by atoms with Gasteiger partial charge < -0.3 is 18.9 Å². The summed E-state index contributed by atoms with van der Waals surface area (Å²) in [7, 11) is 1.43. The third kappa shape index (κ3) is 40.8. The molecule has 9 nitrogen and oxygen atoms in total. The average Bonchev–Trinajstić information content (AvgIpc) is 3.15. The first-order valence-corrected chi connectivity index (χ1v) is 22.8. The lowest BCUT2D eigenvalue weighted by Crippen LogP contribution is -2.37. The van der Waals surface area contributed by atoms with Gasteiger partial charge in [0.2, 0.25) is 0 Å². The summed E-state index contributed by atoms with van der Waals surface area (Å²) in [6, 6.07) is 0. The van der Waals surface area contributed by atoms with Gasteiger partial charge in [-0.05, 0) is 83.5 Å². The fourth-order valence-electron chi connectivity index (χ4n) is 5.08. The smallest absolute Gasteiger partial charge is 0.462 e. The number of phosphoric ester groups is 1. The monoisotopic (exact) mass is 805 g/mol. The van der Waals surface area contributed by atoms with Crippen LogP contribution >= 0.6 is 7.82 Å². The van der Waals surface area contributed by atoms with E-state index in [2.05, 4.69) is 98.9 Å². The van der Waals surface area contributed by atoms with Gasteiger partial charge in [-0.15, -0.1) is 0 Å². The van der Waals surface area contributed by atoms with Gasteiger partial charge >= 0.3 is 19.8 Å². The summed E-state index contributed by atoms with van der Waals surface area (Å²) in [5.74, 6) is -0.863. The van der Waals surface area contributed by atoms with Crippen LogP contribution in [0.2, 0.25) is 0 Å². The van der Waals surface area contributed by atoms with Crippen molar-refractivity contribution < 1.29 is 42.1 Å². The second-order valence-electron chi connectivity index (χ2n) is 15.0. The Morgan fingerprint density at radius 3 is 1.54 bits per heavy atom. The van der Waals surface area contributed by atoms with E-state index in [0.717, 1.165) is 96.3 Å². The second kappa shape index (κ2) is 37.7. The lowest BCUT2D eigenvalue weighted by atomic mass is 10.1. The summed E-state index contributed by atoms with van der Waals surface area (Å²) in [4.78, 5) is 35.3. The van der Waals surface area contributed by atoms with E-state index in [1.165, 1.54) is 6.42 Å². The summed E-state index contributed by atoms with van der Waals surface area (Å²) >= 11 is 0. The van der Waals surface area contributed by atoms with E-state index in [-0.39, 0.29) is 26.1 Å². The van der Waals surface area contributed by atoms with Gasteiger partial charge in [0.1, 0.15) is 19.8 Å². The van der Waals surface area contributed by atoms with E-state index < -0.39 is 32.5 Å². The Labute approximate surface area is 341 Å². The molecule has 56 heavy (non-hydrogen) atoms. The Balaban J connectivity index is 4.48. The van der Waals surface area contributed by atoms with Crippen LogP contribution in [0.1, 0.15) is 142 Å². The summed E-state index contributed by atoms with van der Waals surface area (Å²) < 4.78 is 34.2. The molecule has 0 aliphatic heterocycles. The molecule has 0 spiro atoms. The van der Waals surface area contributed by atoms with Gasteiger partial charge in [-0.2, -0.15) is 0 Å². The van der Waals surface area contributed by atoms with Gasteiger partial charge in [0, 0.05) is 12.8 Å². The highest BCUT2D eigenvalue weighted by molar-refractivity contribution is 7.47. The van der Waals surface area contributed by atoms with Crippen molar-refractivity contribution >= 4 is 19.8 Å². The summed E-state index contributed by atoms with van der Waals surface area (Å²) in [5.41, 5.74) is 0. The number of quaternary nitrogens is 1. The van der Waals surface area contributed by atoms with E-state index in [0.29, 0.717) is 23.9 Å². The molecule has 0 heterocycles. The molecule has 0 bridgehead atoms. The number of nitrogens with zero attached hydrogens (tertiary/aromatic N) is 1. The van der Waals surface area contributed by atoms with Crippen molar-refractivity contribution in [2.24, 2.45) is 0 Å². The molecule has 2 unspecified atom stereocenters. The van der Waals surface area contributed by atoms with Crippen LogP contribution < -0.4 is 0 Å². The van der Waals surface area contributed by atoms with Gasteiger partial charge in [0.25, 0.3) is 0 Å². The van der Waals surface area contributed by atoms with Crippen LogP contribution in [0.4, 0.5) is 0 Å². The predicted octanol–water partition coefficient (Wildman–Crippen LogP) is 12.0. The van der Waals surface area contributed by atoms with E-state index in [4.69, 9.17) is 18.5 Å². The third-order valence-corrected chi connectivity index (χ3v) is 9.37. The molecule has 0 aliphatic rings. The Morgan fingerprint density at radius 1 is 0.571 bits per heavy atom. The fourth-order valence-corrected chi connectivity index (χ4v) is 5.82. The number of ether oxygens (including phenoxy) is 2. The minimum atomic E-state index is -4.39. The first-order valence-electron chi connectivity index (χ1n) is 21.3. The number of hydrogen-bond acceptors (Lipinski definition) is 7. The minimum Gasteiger partial charge on any atom is -0.462 e. The van der Waals surface area contributed by atoms with E-state index in [9.17, 15) is 19.0 Å². The van der Waals surface area contributed by atoms with Crippen LogP contribution in [0, 0.1) is 0 Å². The van der Waals surface area contributed by atoms with Crippen LogP contribution in [0.5, 0.6) is 0 Å². The summed E-state index contributed by atoms with van der Waals surface area (Å²) in [5, 5.41) is 0. The molecule has 0 amide bonds. The van der Waals surface area contributed by atoms with Gasteiger partial charge in [0.15, 0.2) is 6.10 Å². The molecule has 320 valence electrons. The van der Waals surface area contributed by atoms with Gasteiger partial charge in [-0.25, -0.2) is 4.57 Å². The molecule has 2 atom stereocenters. The molecule has 0 saturated carbocycles. The number of hydrogen-bond donors (Lipinski definition) is 1. The number of unbranched alkanes of at least 4 members (excludes halogenated alkanes) is 9. The molecule has 0 fully saturated rings. The number of allylic oxidation sites excluding steroid dienone is 14. The normalized spacial score (nSPS) is 14.5. The molecule has 0 aromatic rings. The average molecular weight is 805 g/mol. The Kier molecular flexibility index (Phi) is 35.9. The Morgan fingerprint density at radius 2 is 1.02 bits per heavy atom. The number of rotatable bonds is 37. The number of likely N-dealkylation sites (N-methyl/N-ethyl adjacent to an activating group) is 1. The van der Waals surface area contributed by atoms with E-state index >= 15 is 0 Å². The van der Waals surface area contributed by atoms with Crippen molar-refractivity contribution in [2.45, 2.75) is 148 Å². The van der Waals surface area contributed by atoms with Crippen LogP contribution in [-0.2, 0) is 32.7 Å². The molecule has 10 heteroatoms. The SMILES string of the molecule is CC/C=C\C/C=C\C/C=C\C/C=C\C/C=C\CCCCCC(=O)OC(COC(=O)CCCCCCC/C=C\C/C=C\CCC)COP(=O)(O)OCC[N+](C)(C)C. The van der Waals surface area contributed by atoms with Crippen molar-refractivity contribution in [3.63, 3.8) is 0 Å². The number of carbonyl (C=O) groups excluding carboxylic acids is 2. The molecular weight excluding hydrogens is 725 g/mol. The van der Waals surface area contributed by atoms with Crippen molar-refractivity contribution in [1.82, 2.24) is 0 Å². The number of phosphoric acid groups is 1. The van der Waals surface area contributed by atoms with Crippen molar-refractivity contribution in [3.05, 3.63) is 85.1 Å². The summed E-state index contributed by atoms with van der Waals surface area (Å²) in [6.07, 6.45) is 47.7. The molecule has 0 saturated heterocycles. The molecular formula is C46H79NO8P+. The molecule has 1 N–H and O–H groups in total. The Bertz CT molecular complexity index is 1230. The number of esters is 2. The van der Waals surface area contributed by atoms with Crippen molar-refractivity contribution in [3.8, 4) is 0 Å². The standard InChI is InChI=1S/C46H78NO8P/c1-6-8-10-12-14-16-18-20-21-22-23-24-25-27-29-31-33-35-37-39-46(49)55-44(43-54-56(50,51)53-41-40-47(3,4)5)42-52-45(48)38-36-34-32-30-28-26-19-17-15-13-11-9-7-2/h8,10-11,13-14,16-17,19-21,23-24,27,29,44H,6-7,9,12,15,18,22,25-26,28,30-43H2,1-5H3/p+1/b10-8-,13-11-,16-14-,19-17-,21-20-,24-23-,29-27-. The molecule has 0 radical (unpaired) electrons. The molecule has 0 aromatic carbocycles. The van der Waals surface area contributed by atoms with Crippen LogP contribution in [0.25, 0.3) is 0 Å². The predicted molar refractivity (Wildman–Crippen MR) is 233 cm³/mol. The highest BCUT2D eigenvalue weighted by Crippen LogP contribution is 2.43. The fraction of sp³-hybridized carbons (Fsp3) is 0.652. The maximum Gasteiger partial charge on any atom is 0.472 e. The van der Waals surface area contributed by atoms with E-state index in [1.807, 2.05) is 21.1 Å². The lowest BCUT2D eigenvalue weighted by Gasteiger charge is -2.24. The van der Waals surface area contributed by atoms with Crippen LogP contribution in [0.15, 0.2) is 85.1 Å². The first-order chi connectivity index (χ1) is 27.0. The topological polar surface area (TPSA) is 108 Å². The molecule has 0 aliphatic carbocycles. The molecule has 0 aromatic heterocycles. The van der Waals surface area contributed by atoms with Gasteiger partial charge in [-0.3, -0.25) is 18.6 Å². The first kappa shape index (κ1) is 53.2. The summed E-state index contributed by atoms with van der Waals surface area (Å²) in [6.45, 7) is 4.16. The lowest BCUT2D eigenvalue weighted by molar-refractivity contribution is -0.870. The highest BCUT2D eigenvalue weighted by Gasteiger charge is 2.27. The van der Waals surface area contributed by atoms with Crippen molar-refractivity contribution in [1.29, 1.82) is 0 Å². The molecule has 0 rings (SSSR count). The zero-order valence-corrected chi connectivity index (χ0v) is 36.7. The van der Waals surface area contributed by atoms with Gasteiger partial charge in [0.05, 0.1) is 27.7 Å².